The molecule has 0 saturated carbocycles. The molecule has 0 N–H and O–H groups in total. The monoisotopic (exact) mass is 262 g/mol. The molecule has 62 valence electrons. The maximum atomic E-state index is 2.32. The van der Waals surface area contributed by atoms with Gasteiger partial charge in [0.2, 0.25) is 0 Å². The Morgan fingerprint density at radius 2 is 1.64 bits per heavy atom. The fourth-order valence-corrected chi connectivity index (χ4v) is 0.893. The van der Waals surface area contributed by atoms with Gasteiger partial charge in [-0.3, -0.25) is 0 Å². The van der Waals surface area contributed by atoms with E-state index in [1.165, 1.54) is 12.8 Å². The van der Waals surface area contributed by atoms with E-state index in [1.807, 2.05) is 0 Å². The Hall–Kier alpha value is -0.0500. The van der Waals surface area contributed by atoms with Crippen LogP contribution in [0.4, 0.5) is 0 Å². The number of unbranched alkanes of at least 4 members (excludes halogenated alkanes) is 1. The summed E-state index contributed by atoms with van der Waals surface area (Å²) in [4.78, 5) is 0. The molecule has 0 aliphatic rings. The maximum absolute atomic E-state index is 2.32. The first-order valence-electron chi connectivity index (χ1n) is 3.96. The predicted octanol–water partition coefficient (Wildman–Crippen LogP) is 3.89. The maximum Gasteiger partial charge on any atom is 0.0178 e. The van der Waals surface area contributed by atoms with Crippen LogP contribution >= 0.6 is 22.6 Å². The standard InChI is InChI=1S/C10H15I/c1-2-3-4-5-6-7-8-9-10-11/h4-9H,2-3,10H2,1H3/b5-4+,7-6+,9-8+. The Bertz CT molecular complexity index is 143. The highest BCUT2D eigenvalue weighted by Gasteiger charge is 1.68. The SMILES string of the molecule is CCC/C=C/C=C/C=C/CI. The molecule has 0 nitrogen and oxygen atoms in total. The third-order valence-corrected chi connectivity index (χ3v) is 1.66. The van der Waals surface area contributed by atoms with Crippen LogP contribution in [0.5, 0.6) is 0 Å². The topological polar surface area (TPSA) is 0 Å². The third-order valence-electron chi connectivity index (χ3n) is 1.15. The Balaban J connectivity index is 3.35. The molecule has 0 aromatic rings. The smallest absolute Gasteiger partial charge is 0.0178 e. The van der Waals surface area contributed by atoms with E-state index in [4.69, 9.17) is 0 Å². The normalized spacial score (nSPS) is 12.5. The minimum atomic E-state index is 1.08. The minimum Gasteiger partial charge on any atom is -0.0845 e. The zero-order chi connectivity index (χ0) is 8.36. The van der Waals surface area contributed by atoms with Gasteiger partial charge in [0, 0.05) is 4.43 Å². The first-order valence-corrected chi connectivity index (χ1v) is 5.48. The molecule has 11 heavy (non-hydrogen) atoms. The van der Waals surface area contributed by atoms with Gasteiger partial charge in [0.25, 0.3) is 0 Å². The number of hydrogen-bond acceptors (Lipinski definition) is 0. The van der Waals surface area contributed by atoms with Crippen LogP contribution in [0.1, 0.15) is 19.8 Å². The Labute approximate surface area is 83.2 Å². The average molecular weight is 262 g/mol. The van der Waals surface area contributed by atoms with E-state index < -0.39 is 0 Å². The van der Waals surface area contributed by atoms with Gasteiger partial charge in [-0.05, 0) is 6.42 Å². The lowest BCUT2D eigenvalue weighted by atomic mass is 10.3. The van der Waals surface area contributed by atoms with Crippen LogP contribution in [0.2, 0.25) is 0 Å². The predicted molar refractivity (Wildman–Crippen MR) is 61.2 cm³/mol. The van der Waals surface area contributed by atoms with Gasteiger partial charge >= 0.3 is 0 Å². The van der Waals surface area contributed by atoms with E-state index >= 15 is 0 Å². The van der Waals surface area contributed by atoms with Crippen molar-refractivity contribution in [2.75, 3.05) is 4.43 Å². The number of allylic oxidation sites excluding steroid dienone is 6. The van der Waals surface area contributed by atoms with Gasteiger partial charge < -0.3 is 0 Å². The summed E-state index contributed by atoms with van der Waals surface area (Å²) in [5, 5.41) is 0. The van der Waals surface area contributed by atoms with Crippen molar-refractivity contribution in [1.82, 2.24) is 0 Å². The van der Waals surface area contributed by atoms with Crippen molar-refractivity contribution >= 4 is 22.6 Å². The number of hydrogen-bond donors (Lipinski definition) is 0. The van der Waals surface area contributed by atoms with Gasteiger partial charge in [-0.25, -0.2) is 0 Å². The van der Waals surface area contributed by atoms with Crippen LogP contribution in [0.25, 0.3) is 0 Å². The summed E-state index contributed by atoms with van der Waals surface area (Å²) in [5.41, 5.74) is 0. The van der Waals surface area contributed by atoms with Crippen LogP contribution in [-0.2, 0) is 0 Å². The van der Waals surface area contributed by atoms with E-state index in [0.717, 1.165) is 4.43 Å². The molecule has 0 atom stereocenters. The fourth-order valence-electron chi connectivity index (χ4n) is 0.600. The largest absolute Gasteiger partial charge is 0.0845 e. The van der Waals surface area contributed by atoms with Crippen molar-refractivity contribution in [3.05, 3.63) is 36.5 Å². The third kappa shape index (κ3) is 9.95. The van der Waals surface area contributed by atoms with Crippen molar-refractivity contribution in [1.29, 1.82) is 0 Å². The second-order valence-corrected chi connectivity index (χ2v) is 3.06. The molecule has 0 aromatic carbocycles. The van der Waals surface area contributed by atoms with Crippen molar-refractivity contribution in [3.63, 3.8) is 0 Å². The molecular weight excluding hydrogens is 247 g/mol. The van der Waals surface area contributed by atoms with E-state index in [0.29, 0.717) is 0 Å². The molecule has 0 aromatic heterocycles. The average Bonchev–Trinajstić information content (AvgIpc) is 2.03. The number of halogens is 1. The highest BCUT2D eigenvalue weighted by molar-refractivity contribution is 14.1. The summed E-state index contributed by atoms with van der Waals surface area (Å²) in [6.07, 6.45) is 15.0. The Morgan fingerprint density at radius 1 is 1.00 bits per heavy atom. The summed E-state index contributed by atoms with van der Waals surface area (Å²) in [6, 6.07) is 0. The number of alkyl halides is 1. The first-order chi connectivity index (χ1) is 5.41. The zero-order valence-electron chi connectivity index (χ0n) is 6.96. The summed E-state index contributed by atoms with van der Waals surface area (Å²) in [6.45, 7) is 2.18. The molecule has 0 aliphatic carbocycles. The van der Waals surface area contributed by atoms with Crippen LogP contribution in [0.3, 0.4) is 0 Å². The van der Waals surface area contributed by atoms with Gasteiger partial charge in [0.05, 0.1) is 0 Å². The second-order valence-electron chi connectivity index (χ2n) is 2.18. The molecule has 0 fully saturated rings. The van der Waals surface area contributed by atoms with Crippen molar-refractivity contribution in [3.8, 4) is 0 Å². The molecule has 0 spiro atoms. The Kier molecular flexibility index (Phi) is 9.90. The van der Waals surface area contributed by atoms with Gasteiger partial charge in [-0.2, -0.15) is 0 Å². The van der Waals surface area contributed by atoms with Gasteiger partial charge in [0.15, 0.2) is 0 Å². The van der Waals surface area contributed by atoms with Crippen molar-refractivity contribution < 1.29 is 0 Å². The molecule has 0 saturated heterocycles. The lowest BCUT2D eigenvalue weighted by molar-refractivity contribution is 0.959. The zero-order valence-corrected chi connectivity index (χ0v) is 9.12. The van der Waals surface area contributed by atoms with Gasteiger partial charge in [-0.1, -0.05) is 72.4 Å². The molecule has 0 bridgehead atoms. The highest BCUT2D eigenvalue weighted by atomic mass is 127. The lowest BCUT2D eigenvalue weighted by Crippen LogP contribution is -1.59. The highest BCUT2D eigenvalue weighted by Crippen LogP contribution is 1.89. The second kappa shape index (κ2) is 9.95. The van der Waals surface area contributed by atoms with Gasteiger partial charge in [0.1, 0.15) is 0 Å². The van der Waals surface area contributed by atoms with Crippen LogP contribution in [0.15, 0.2) is 36.5 Å². The molecule has 0 aliphatic heterocycles. The van der Waals surface area contributed by atoms with E-state index in [9.17, 15) is 0 Å². The van der Waals surface area contributed by atoms with Crippen LogP contribution < -0.4 is 0 Å². The van der Waals surface area contributed by atoms with E-state index in [1.54, 1.807) is 0 Å². The first kappa shape index (κ1) is 11.0. The Morgan fingerprint density at radius 3 is 2.18 bits per heavy atom. The summed E-state index contributed by atoms with van der Waals surface area (Å²) in [7, 11) is 0. The molecule has 1 heteroatoms. The molecule has 0 amide bonds. The van der Waals surface area contributed by atoms with Crippen molar-refractivity contribution in [2.45, 2.75) is 19.8 Å². The number of rotatable bonds is 5. The quantitative estimate of drug-likeness (QED) is 0.400. The molecule has 0 radical (unpaired) electrons. The summed E-state index contributed by atoms with van der Waals surface area (Å²) < 4.78 is 1.08. The van der Waals surface area contributed by atoms with Crippen molar-refractivity contribution in [2.24, 2.45) is 0 Å². The lowest BCUT2D eigenvalue weighted by Gasteiger charge is -1.79. The van der Waals surface area contributed by atoms with Gasteiger partial charge in [-0.15, -0.1) is 0 Å². The summed E-state index contributed by atoms with van der Waals surface area (Å²) >= 11 is 2.32. The molecular formula is C10H15I. The molecule has 0 heterocycles. The van der Waals surface area contributed by atoms with Crippen LogP contribution in [0, 0.1) is 0 Å². The minimum absolute atomic E-state index is 1.08. The van der Waals surface area contributed by atoms with E-state index in [2.05, 4.69) is 66.0 Å². The van der Waals surface area contributed by atoms with E-state index in [-0.39, 0.29) is 0 Å². The molecule has 0 rings (SSSR count). The molecule has 0 unspecified atom stereocenters. The fraction of sp³-hybridized carbons (Fsp3) is 0.400. The summed E-state index contributed by atoms with van der Waals surface area (Å²) in [5.74, 6) is 0. The van der Waals surface area contributed by atoms with Crippen LogP contribution in [-0.4, -0.2) is 4.43 Å².